The maximum absolute atomic E-state index is 11.7. The van der Waals surface area contributed by atoms with E-state index < -0.39 is 11.9 Å². The van der Waals surface area contributed by atoms with Crippen LogP contribution in [-0.2, 0) is 14.3 Å². The number of hydrogen-bond donors (Lipinski definition) is 1. The van der Waals surface area contributed by atoms with Crippen molar-refractivity contribution in [2.45, 2.75) is 13.0 Å². The molecule has 0 fully saturated rings. The molecule has 2 rings (SSSR count). The first-order chi connectivity index (χ1) is 11.6. The van der Waals surface area contributed by atoms with Gasteiger partial charge in [0.2, 0.25) is 0 Å². The van der Waals surface area contributed by atoms with Gasteiger partial charge in [0.25, 0.3) is 5.91 Å². The number of methoxy groups -OCH3 is 1. The predicted molar refractivity (Wildman–Crippen MR) is 88.3 cm³/mol. The van der Waals surface area contributed by atoms with Crippen LogP contribution in [0, 0.1) is 0 Å². The van der Waals surface area contributed by atoms with Crippen LogP contribution in [-0.4, -0.2) is 25.6 Å². The molecule has 126 valence electrons. The van der Waals surface area contributed by atoms with Crippen molar-refractivity contribution in [1.82, 2.24) is 5.32 Å². The summed E-state index contributed by atoms with van der Waals surface area (Å²) in [6, 6.07) is 10.4. The van der Waals surface area contributed by atoms with Gasteiger partial charge in [0.15, 0.2) is 6.61 Å². The summed E-state index contributed by atoms with van der Waals surface area (Å²) in [5, 5.41) is 2.68. The van der Waals surface area contributed by atoms with Gasteiger partial charge in [0.1, 0.15) is 11.5 Å². The minimum atomic E-state index is -0.591. The highest BCUT2D eigenvalue weighted by atomic mass is 16.5. The third-order valence-corrected chi connectivity index (χ3v) is 3.22. The van der Waals surface area contributed by atoms with Gasteiger partial charge >= 0.3 is 5.97 Å². The van der Waals surface area contributed by atoms with Crippen molar-refractivity contribution in [2.24, 2.45) is 0 Å². The molecule has 0 saturated heterocycles. The molecule has 24 heavy (non-hydrogen) atoms. The van der Waals surface area contributed by atoms with Crippen LogP contribution in [0.15, 0.2) is 53.2 Å². The molecular weight excluding hydrogens is 310 g/mol. The summed E-state index contributed by atoms with van der Waals surface area (Å²) in [5.74, 6) is 0.378. The number of rotatable bonds is 7. The molecule has 0 bridgehead atoms. The van der Waals surface area contributed by atoms with E-state index in [1.165, 1.54) is 12.3 Å². The highest BCUT2D eigenvalue weighted by Gasteiger charge is 2.12. The zero-order chi connectivity index (χ0) is 17.4. The van der Waals surface area contributed by atoms with Crippen molar-refractivity contribution in [3.8, 4) is 5.75 Å². The summed E-state index contributed by atoms with van der Waals surface area (Å²) >= 11 is 0. The highest BCUT2D eigenvalue weighted by molar-refractivity contribution is 5.89. The fourth-order valence-corrected chi connectivity index (χ4v) is 1.96. The SMILES string of the molecule is COc1ccc(/C=C/C(=O)OCC(=O)N[C@@H](C)c2ccco2)cc1. The van der Waals surface area contributed by atoms with Crippen LogP contribution in [0.4, 0.5) is 0 Å². The van der Waals surface area contributed by atoms with Gasteiger partial charge in [-0.05, 0) is 42.8 Å². The minimum absolute atomic E-state index is 0.291. The topological polar surface area (TPSA) is 77.8 Å². The number of carbonyl (C=O) groups is 2. The standard InChI is InChI=1S/C18H19NO5/c1-13(16-4-3-11-23-16)19-17(20)12-24-18(21)10-7-14-5-8-15(22-2)9-6-14/h3-11,13H,12H2,1-2H3,(H,19,20)/b10-7+/t13-/m0/s1. The van der Waals surface area contributed by atoms with Gasteiger partial charge in [0, 0.05) is 6.08 Å². The smallest absolute Gasteiger partial charge is 0.331 e. The average Bonchev–Trinajstić information content (AvgIpc) is 3.13. The number of ether oxygens (including phenoxy) is 2. The number of esters is 1. The van der Waals surface area contributed by atoms with E-state index in [9.17, 15) is 9.59 Å². The fourth-order valence-electron chi connectivity index (χ4n) is 1.96. The summed E-state index contributed by atoms with van der Waals surface area (Å²) in [6.45, 7) is 1.43. The Morgan fingerprint density at radius 3 is 2.62 bits per heavy atom. The Labute approximate surface area is 140 Å². The van der Waals surface area contributed by atoms with Crippen molar-refractivity contribution in [3.05, 3.63) is 60.1 Å². The molecule has 1 aromatic carbocycles. The van der Waals surface area contributed by atoms with E-state index in [1.807, 2.05) is 0 Å². The van der Waals surface area contributed by atoms with Crippen LogP contribution in [0.25, 0.3) is 6.08 Å². The molecule has 0 spiro atoms. The molecule has 0 radical (unpaired) electrons. The molecule has 1 heterocycles. The van der Waals surface area contributed by atoms with E-state index in [0.717, 1.165) is 11.3 Å². The minimum Gasteiger partial charge on any atom is -0.497 e. The molecule has 1 aromatic heterocycles. The maximum Gasteiger partial charge on any atom is 0.331 e. The van der Waals surface area contributed by atoms with E-state index in [1.54, 1.807) is 56.5 Å². The Kier molecular flexibility index (Phi) is 6.19. The van der Waals surface area contributed by atoms with Crippen molar-refractivity contribution >= 4 is 18.0 Å². The molecule has 0 aliphatic heterocycles. The first kappa shape index (κ1) is 17.3. The average molecular weight is 329 g/mol. The first-order valence-corrected chi connectivity index (χ1v) is 7.40. The van der Waals surface area contributed by atoms with Gasteiger partial charge in [-0.2, -0.15) is 0 Å². The predicted octanol–water partition coefficient (Wildman–Crippen LogP) is 2.72. The molecule has 0 saturated carbocycles. The maximum atomic E-state index is 11.7. The van der Waals surface area contributed by atoms with E-state index in [4.69, 9.17) is 13.9 Å². The summed E-state index contributed by atoms with van der Waals surface area (Å²) in [5.41, 5.74) is 0.823. The number of carbonyl (C=O) groups excluding carboxylic acids is 2. The third kappa shape index (κ3) is 5.31. The molecule has 1 N–H and O–H groups in total. The van der Waals surface area contributed by atoms with Gasteiger partial charge in [-0.15, -0.1) is 0 Å². The second-order valence-corrected chi connectivity index (χ2v) is 5.02. The second-order valence-electron chi connectivity index (χ2n) is 5.02. The molecule has 1 atom stereocenters. The van der Waals surface area contributed by atoms with Crippen LogP contribution in [0.5, 0.6) is 5.75 Å². The number of nitrogens with one attached hydrogen (secondary N) is 1. The zero-order valence-electron chi connectivity index (χ0n) is 13.5. The van der Waals surface area contributed by atoms with Crippen LogP contribution in [0.1, 0.15) is 24.3 Å². The lowest BCUT2D eigenvalue weighted by Gasteiger charge is -2.11. The molecular formula is C18H19NO5. The quantitative estimate of drug-likeness (QED) is 0.624. The lowest BCUT2D eigenvalue weighted by Crippen LogP contribution is -2.30. The molecule has 1 amide bonds. The normalized spacial score (nSPS) is 11.9. The van der Waals surface area contributed by atoms with Gasteiger partial charge in [-0.25, -0.2) is 4.79 Å². The summed E-state index contributed by atoms with van der Waals surface area (Å²) in [7, 11) is 1.58. The number of benzene rings is 1. The monoisotopic (exact) mass is 329 g/mol. The zero-order valence-corrected chi connectivity index (χ0v) is 13.5. The molecule has 2 aromatic rings. The van der Waals surface area contributed by atoms with Gasteiger partial charge < -0.3 is 19.2 Å². The third-order valence-electron chi connectivity index (χ3n) is 3.22. The Bertz CT molecular complexity index is 689. The lowest BCUT2D eigenvalue weighted by atomic mass is 10.2. The molecule has 0 aliphatic rings. The van der Waals surface area contributed by atoms with Gasteiger partial charge in [-0.1, -0.05) is 12.1 Å². The summed E-state index contributed by atoms with van der Waals surface area (Å²) < 4.78 is 15.1. The second kappa shape index (κ2) is 8.57. The number of amides is 1. The first-order valence-electron chi connectivity index (χ1n) is 7.40. The Morgan fingerprint density at radius 2 is 2.00 bits per heavy atom. The lowest BCUT2D eigenvalue weighted by molar-refractivity contribution is -0.144. The number of furan rings is 1. The van der Waals surface area contributed by atoms with Crippen LogP contribution < -0.4 is 10.1 Å². The van der Waals surface area contributed by atoms with E-state index in [0.29, 0.717) is 5.76 Å². The van der Waals surface area contributed by atoms with E-state index in [-0.39, 0.29) is 12.6 Å². The van der Waals surface area contributed by atoms with Crippen molar-refractivity contribution < 1.29 is 23.5 Å². The molecule has 0 unspecified atom stereocenters. The van der Waals surface area contributed by atoms with Gasteiger partial charge in [0.05, 0.1) is 19.4 Å². The Balaban J connectivity index is 1.75. The molecule has 6 heteroatoms. The van der Waals surface area contributed by atoms with Gasteiger partial charge in [-0.3, -0.25) is 4.79 Å². The van der Waals surface area contributed by atoms with Crippen LogP contribution >= 0.6 is 0 Å². The van der Waals surface area contributed by atoms with Crippen molar-refractivity contribution in [3.63, 3.8) is 0 Å². The summed E-state index contributed by atoms with van der Waals surface area (Å²) in [4.78, 5) is 23.4. The van der Waals surface area contributed by atoms with E-state index >= 15 is 0 Å². The highest BCUT2D eigenvalue weighted by Crippen LogP contribution is 2.13. The largest absolute Gasteiger partial charge is 0.497 e. The summed E-state index contributed by atoms with van der Waals surface area (Å²) in [6.07, 6.45) is 4.40. The molecule has 0 aliphatic carbocycles. The Morgan fingerprint density at radius 1 is 1.25 bits per heavy atom. The van der Waals surface area contributed by atoms with Crippen LogP contribution in [0.3, 0.4) is 0 Å². The van der Waals surface area contributed by atoms with Crippen LogP contribution in [0.2, 0.25) is 0 Å². The molecule has 6 nitrogen and oxygen atoms in total. The Hall–Kier alpha value is -3.02. The van der Waals surface area contributed by atoms with E-state index in [2.05, 4.69) is 5.32 Å². The fraction of sp³-hybridized carbons (Fsp3) is 0.222. The number of hydrogen-bond acceptors (Lipinski definition) is 5. The van der Waals surface area contributed by atoms with Crippen molar-refractivity contribution in [1.29, 1.82) is 0 Å². The van der Waals surface area contributed by atoms with Crippen molar-refractivity contribution in [2.75, 3.05) is 13.7 Å².